The van der Waals surface area contributed by atoms with Crippen LogP contribution < -0.4 is 5.32 Å². The van der Waals surface area contributed by atoms with Crippen molar-refractivity contribution in [3.05, 3.63) is 59.4 Å². The Morgan fingerprint density at radius 3 is 2.78 bits per heavy atom. The van der Waals surface area contributed by atoms with Crippen LogP contribution in [0.25, 0.3) is 11.1 Å². The summed E-state index contributed by atoms with van der Waals surface area (Å²) in [6, 6.07) is 13.6. The molecule has 1 nitrogen and oxygen atoms in total. The first-order chi connectivity index (χ1) is 8.79. The zero-order valence-electron chi connectivity index (χ0n) is 10.4. The highest BCUT2D eigenvalue weighted by atomic mass is 19.1. The van der Waals surface area contributed by atoms with Gasteiger partial charge in [0.1, 0.15) is 5.82 Å². The average Bonchev–Trinajstić information content (AvgIpc) is 2.81. The minimum atomic E-state index is -0.173. The number of hydrogen-bond donors (Lipinski definition) is 1. The molecule has 1 N–H and O–H groups in total. The van der Waals surface area contributed by atoms with E-state index in [9.17, 15) is 4.39 Å². The normalized spacial score (nSPS) is 17.8. The standard InChI is InChI=1S/C16H16FN/c1-18-16-9-8-14-13(6-3-7-15(14)16)11-4-2-5-12(17)10-11/h2-7,10,16,18H,8-9H2,1H3. The lowest BCUT2D eigenvalue weighted by molar-refractivity contribution is 0.590. The van der Waals surface area contributed by atoms with Gasteiger partial charge in [-0.2, -0.15) is 0 Å². The molecule has 0 bridgehead atoms. The molecule has 0 heterocycles. The van der Waals surface area contributed by atoms with Gasteiger partial charge in [0.2, 0.25) is 0 Å². The molecular weight excluding hydrogens is 225 g/mol. The second-order valence-corrected chi connectivity index (χ2v) is 4.76. The van der Waals surface area contributed by atoms with Crippen LogP contribution in [0, 0.1) is 5.82 Å². The van der Waals surface area contributed by atoms with Crippen LogP contribution in [-0.4, -0.2) is 7.05 Å². The molecule has 92 valence electrons. The first kappa shape index (κ1) is 11.4. The van der Waals surface area contributed by atoms with Crippen LogP contribution in [0.4, 0.5) is 4.39 Å². The number of fused-ring (bicyclic) bond motifs is 1. The van der Waals surface area contributed by atoms with Crippen molar-refractivity contribution < 1.29 is 4.39 Å². The van der Waals surface area contributed by atoms with Crippen molar-refractivity contribution in [2.75, 3.05) is 7.05 Å². The van der Waals surface area contributed by atoms with E-state index in [0.29, 0.717) is 6.04 Å². The van der Waals surface area contributed by atoms with Gasteiger partial charge in [-0.3, -0.25) is 0 Å². The predicted octanol–water partition coefficient (Wildman–Crippen LogP) is 3.70. The summed E-state index contributed by atoms with van der Waals surface area (Å²) < 4.78 is 13.3. The van der Waals surface area contributed by atoms with Crippen molar-refractivity contribution in [1.82, 2.24) is 5.32 Å². The topological polar surface area (TPSA) is 12.0 Å². The van der Waals surface area contributed by atoms with Crippen LogP contribution in [0.1, 0.15) is 23.6 Å². The lowest BCUT2D eigenvalue weighted by Gasteiger charge is -2.12. The van der Waals surface area contributed by atoms with E-state index < -0.39 is 0 Å². The zero-order valence-corrected chi connectivity index (χ0v) is 10.4. The van der Waals surface area contributed by atoms with E-state index in [0.717, 1.165) is 18.4 Å². The average molecular weight is 241 g/mol. The highest BCUT2D eigenvalue weighted by molar-refractivity contribution is 5.70. The Balaban J connectivity index is 2.12. The molecule has 0 aromatic heterocycles. The van der Waals surface area contributed by atoms with Gasteiger partial charge in [0.25, 0.3) is 0 Å². The zero-order chi connectivity index (χ0) is 12.5. The first-order valence-corrected chi connectivity index (χ1v) is 6.34. The van der Waals surface area contributed by atoms with Crippen molar-refractivity contribution in [3.63, 3.8) is 0 Å². The molecule has 0 fully saturated rings. The SMILES string of the molecule is CNC1CCc2c(-c3cccc(F)c3)cccc21. The summed E-state index contributed by atoms with van der Waals surface area (Å²) in [5.41, 5.74) is 4.87. The van der Waals surface area contributed by atoms with E-state index in [1.54, 1.807) is 12.1 Å². The molecule has 1 unspecified atom stereocenters. The summed E-state index contributed by atoms with van der Waals surface area (Å²) in [6.45, 7) is 0. The van der Waals surface area contributed by atoms with Gasteiger partial charge in [-0.1, -0.05) is 30.3 Å². The highest BCUT2D eigenvalue weighted by Crippen LogP contribution is 2.37. The van der Waals surface area contributed by atoms with Gasteiger partial charge in [-0.05, 0) is 54.3 Å². The summed E-state index contributed by atoms with van der Waals surface area (Å²) in [4.78, 5) is 0. The monoisotopic (exact) mass is 241 g/mol. The van der Waals surface area contributed by atoms with Crippen molar-refractivity contribution in [1.29, 1.82) is 0 Å². The van der Waals surface area contributed by atoms with Gasteiger partial charge in [0.05, 0.1) is 0 Å². The van der Waals surface area contributed by atoms with Crippen LogP contribution in [0.5, 0.6) is 0 Å². The predicted molar refractivity (Wildman–Crippen MR) is 72.0 cm³/mol. The maximum atomic E-state index is 13.3. The van der Waals surface area contributed by atoms with E-state index in [1.807, 2.05) is 13.1 Å². The molecular formula is C16H16FN. The van der Waals surface area contributed by atoms with Crippen molar-refractivity contribution in [2.24, 2.45) is 0 Å². The number of nitrogens with one attached hydrogen (secondary N) is 1. The van der Waals surface area contributed by atoms with Gasteiger partial charge < -0.3 is 5.32 Å². The van der Waals surface area contributed by atoms with E-state index in [4.69, 9.17) is 0 Å². The van der Waals surface area contributed by atoms with E-state index in [1.165, 1.54) is 22.8 Å². The smallest absolute Gasteiger partial charge is 0.123 e. The van der Waals surface area contributed by atoms with Gasteiger partial charge in [0, 0.05) is 6.04 Å². The van der Waals surface area contributed by atoms with Gasteiger partial charge in [-0.15, -0.1) is 0 Å². The fraction of sp³-hybridized carbons (Fsp3) is 0.250. The Morgan fingerprint density at radius 2 is 2.00 bits per heavy atom. The molecule has 2 aromatic carbocycles. The third kappa shape index (κ3) is 1.83. The molecule has 0 radical (unpaired) electrons. The summed E-state index contributed by atoms with van der Waals surface area (Å²) in [7, 11) is 1.99. The Bertz CT molecular complexity index is 577. The molecule has 0 amide bonds. The van der Waals surface area contributed by atoms with Crippen LogP contribution in [-0.2, 0) is 6.42 Å². The number of hydrogen-bond acceptors (Lipinski definition) is 1. The number of rotatable bonds is 2. The largest absolute Gasteiger partial charge is 0.313 e. The Morgan fingerprint density at radius 1 is 1.17 bits per heavy atom. The third-order valence-corrected chi connectivity index (χ3v) is 3.75. The van der Waals surface area contributed by atoms with Gasteiger partial charge >= 0.3 is 0 Å². The summed E-state index contributed by atoms with van der Waals surface area (Å²) in [5, 5.41) is 3.34. The van der Waals surface area contributed by atoms with Crippen LogP contribution in [0.3, 0.4) is 0 Å². The van der Waals surface area contributed by atoms with Crippen molar-refractivity contribution >= 4 is 0 Å². The molecule has 0 spiro atoms. The second kappa shape index (κ2) is 4.54. The minimum Gasteiger partial charge on any atom is -0.313 e. The molecule has 2 aromatic rings. The van der Waals surface area contributed by atoms with Gasteiger partial charge in [0.15, 0.2) is 0 Å². The molecule has 3 rings (SSSR count). The first-order valence-electron chi connectivity index (χ1n) is 6.34. The third-order valence-electron chi connectivity index (χ3n) is 3.75. The molecule has 2 heteroatoms. The maximum Gasteiger partial charge on any atom is 0.123 e. The highest BCUT2D eigenvalue weighted by Gasteiger charge is 2.23. The molecule has 18 heavy (non-hydrogen) atoms. The summed E-state index contributed by atoms with van der Waals surface area (Å²) in [5.74, 6) is -0.173. The molecule has 1 aliphatic rings. The number of benzene rings is 2. The van der Waals surface area contributed by atoms with E-state index in [2.05, 4.69) is 23.5 Å². The van der Waals surface area contributed by atoms with Gasteiger partial charge in [-0.25, -0.2) is 4.39 Å². The minimum absolute atomic E-state index is 0.173. The van der Waals surface area contributed by atoms with Crippen LogP contribution >= 0.6 is 0 Å². The lowest BCUT2D eigenvalue weighted by atomic mass is 9.96. The van der Waals surface area contributed by atoms with Crippen molar-refractivity contribution in [2.45, 2.75) is 18.9 Å². The second-order valence-electron chi connectivity index (χ2n) is 4.76. The Hall–Kier alpha value is -1.67. The molecule has 1 aliphatic carbocycles. The number of halogens is 1. The Kier molecular flexibility index (Phi) is 2.88. The van der Waals surface area contributed by atoms with Crippen LogP contribution in [0.2, 0.25) is 0 Å². The Labute approximate surface area is 107 Å². The van der Waals surface area contributed by atoms with Crippen LogP contribution in [0.15, 0.2) is 42.5 Å². The molecule has 0 saturated heterocycles. The fourth-order valence-electron chi connectivity index (χ4n) is 2.88. The van der Waals surface area contributed by atoms with Crippen molar-refractivity contribution in [3.8, 4) is 11.1 Å². The quantitative estimate of drug-likeness (QED) is 0.845. The molecule has 1 atom stereocenters. The molecule has 0 aliphatic heterocycles. The van der Waals surface area contributed by atoms with E-state index >= 15 is 0 Å². The maximum absolute atomic E-state index is 13.3. The summed E-state index contributed by atoms with van der Waals surface area (Å²) in [6.07, 6.45) is 2.19. The fourth-order valence-corrected chi connectivity index (χ4v) is 2.88. The lowest BCUT2D eigenvalue weighted by Crippen LogP contribution is -2.12. The van der Waals surface area contributed by atoms with E-state index in [-0.39, 0.29) is 5.82 Å². The summed E-state index contributed by atoms with van der Waals surface area (Å²) >= 11 is 0. The molecule has 0 saturated carbocycles.